The highest BCUT2D eigenvalue weighted by molar-refractivity contribution is 7.98. The SMILES string of the molecule is Cc1ccc(C)c(-n2cnnc2SCc2nnnn2-c2ccccc2)c1. The maximum atomic E-state index is 4.26. The van der Waals surface area contributed by atoms with Crippen molar-refractivity contribution in [2.75, 3.05) is 0 Å². The van der Waals surface area contributed by atoms with Crippen LogP contribution in [0.3, 0.4) is 0 Å². The summed E-state index contributed by atoms with van der Waals surface area (Å²) in [5.41, 5.74) is 4.39. The molecular weight excluding hydrogens is 346 g/mol. The molecule has 4 rings (SSSR count). The van der Waals surface area contributed by atoms with Crippen molar-refractivity contribution in [2.24, 2.45) is 0 Å². The van der Waals surface area contributed by atoms with E-state index in [-0.39, 0.29) is 0 Å². The van der Waals surface area contributed by atoms with Gasteiger partial charge in [0.2, 0.25) is 0 Å². The van der Waals surface area contributed by atoms with Crippen molar-refractivity contribution in [3.8, 4) is 11.4 Å². The smallest absolute Gasteiger partial charge is 0.196 e. The Morgan fingerprint density at radius 1 is 1.00 bits per heavy atom. The number of thioether (sulfide) groups is 1. The van der Waals surface area contributed by atoms with Crippen molar-refractivity contribution in [1.29, 1.82) is 0 Å². The predicted octanol–water partition coefficient (Wildman–Crippen LogP) is 3.15. The molecule has 2 heterocycles. The van der Waals surface area contributed by atoms with Crippen LogP contribution in [0, 0.1) is 13.8 Å². The highest BCUT2D eigenvalue weighted by Gasteiger charge is 2.13. The number of tetrazole rings is 1. The number of hydrogen-bond acceptors (Lipinski definition) is 6. The lowest BCUT2D eigenvalue weighted by atomic mass is 10.1. The van der Waals surface area contributed by atoms with Gasteiger partial charge < -0.3 is 0 Å². The normalized spacial score (nSPS) is 11.0. The van der Waals surface area contributed by atoms with Crippen molar-refractivity contribution in [3.63, 3.8) is 0 Å². The van der Waals surface area contributed by atoms with Crippen LogP contribution in [0.5, 0.6) is 0 Å². The van der Waals surface area contributed by atoms with Gasteiger partial charge in [-0.3, -0.25) is 4.57 Å². The largest absolute Gasteiger partial charge is 0.276 e. The van der Waals surface area contributed by atoms with E-state index in [0.717, 1.165) is 22.4 Å². The molecule has 26 heavy (non-hydrogen) atoms. The maximum Gasteiger partial charge on any atom is 0.196 e. The monoisotopic (exact) mass is 363 g/mol. The molecule has 0 amide bonds. The lowest BCUT2D eigenvalue weighted by Gasteiger charge is -2.10. The van der Waals surface area contributed by atoms with Crippen molar-refractivity contribution in [2.45, 2.75) is 24.8 Å². The molecule has 0 fully saturated rings. The summed E-state index contributed by atoms with van der Waals surface area (Å²) in [5.74, 6) is 1.35. The van der Waals surface area contributed by atoms with Gasteiger partial charge in [0.25, 0.3) is 0 Å². The van der Waals surface area contributed by atoms with Crippen LogP contribution in [0.15, 0.2) is 60.0 Å². The molecule has 130 valence electrons. The molecule has 2 aromatic carbocycles. The van der Waals surface area contributed by atoms with Crippen molar-refractivity contribution in [1.82, 2.24) is 35.0 Å². The number of aromatic nitrogens is 7. The van der Waals surface area contributed by atoms with E-state index in [1.54, 1.807) is 22.8 Å². The lowest BCUT2D eigenvalue weighted by Crippen LogP contribution is -2.03. The Kier molecular flexibility index (Phi) is 4.49. The van der Waals surface area contributed by atoms with E-state index in [9.17, 15) is 0 Å². The average molecular weight is 363 g/mol. The van der Waals surface area contributed by atoms with Gasteiger partial charge in [0, 0.05) is 0 Å². The Hall–Kier alpha value is -3.00. The Labute approximate surface area is 155 Å². The molecule has 2 aromatic heterocycles. The molecule has 0 saturated carbocycles. The van der Waals surface area contributed by atoms with Crippen LogP contribution >= 0.6 is 11.8 Å². The molecule has 4 aromatic rings. The van der Waals surface area contributed by atoms with Crippen LogP contribution in [0.4, 0.5) is 0 Å². The molecule has 0 N–H and O–H groups in total. The first-order valence-electron chi connectivity index (χ1n) is 8.15. The highest BCUT2D eigenvalue weighted by atomic mass is 32.2. The van der Waals surface area contributed by atoms with Gasteiger partial charge in [-0.2, -0.15) is 4.68 Å². The first-order chi connectivity index (χ1) is 12.7. The zero-order valence-corrected chi connectivity index (χ0v) is 15.3. The van der Waals surface area contributed by atoms with Crippen molar-refractivity contribution in [3.05, 3.63) is 71.8 Å². The summed E-state index contributed by atoms with van der Waals surface area (Å²) in [4.78, 5) is 0. The van der Waals surface area contributed by atoms with E-state index >= 15 is 0 Å². The van der Waals surface area contributed by atoms with Gasteiger partial charge in [0.15, 0.2) is 11.0 Å². The van der Waals surface area contributed by atoms with Crippen LogP contribution in [0.2, 0.25) is 0 Å². The molecule has 7 nitrogen and oxygen atoms in total. The van der Waals surface area contributed by atoms with Gasteiger partial charge in [0.1, 0.15) is 6.33 Å². The second-order valence-electron chi connectivity index (χ2n) is 5.90. The summed E-state index contributed by atoms with van der Waals surface area (Å²) in [7, 11) is 0. The highest BCUT2D eigenvalue weighted by Crippen LogP contribution is 2.25. The van der Waals surface area contributed by atoms with Crippen molar-refractivity contribution >= 4 is 11.8 Å². The van der Waals surface area contributed by atoms with Crippen LogP contribution in [-0.2, 0) is 5.75 Å². The maximum absolute atomic E-state index is 4.26. The van der Waals surface area contributed by atoms with E-state index in [1.807, 2.05) is 34.9 Å². The van der Waals surface area contributed by atoms with Crippen LogP contribution in [0.1, 0.15) is 17.0 Å². The average Bonchev–Trinajstić information content (AvgIpc) is 3.31. The first kappa shape index (κ1) is 16.5. The third kappa shape index (κ3) is 3.23. The minimum absolute atomic E-state index is 0.589. The van der Waals surface area contributed by atoms with Gasteiger partial charge in [-0.05, 0) is 53.6 Å². The van der Waals surface area contributed by atoms with Gasteiger partial charge >= 0.3 is 0 Å². The summed E-state index contributed by atoms with van der Waals surface area (Å²) in [6, 6.07) is 16.2. The molecule has 0 spiro atoms. The van der Waals surface area contributed by atoms with E-state index in [4.69, 9.17) is 0 Å². The van der Waals surface area contributed by atoms with Gasteiger partial charge in [0.05, 0.1) is 17.1 Å². The number of aryl methyl sites for hydroxylation is 2. The fourth-order valence-corrected chi connectivity index (χ4v) is 3.49. The standard InChI is InChI=1S/C18H17N7S/c1-13-8-9-14(2)16(10-13)24-12-19-21-18(24)26-11-17-20-22-23-25(17)15-6-4-3-5-7-15/h3-10,12H,11H2,1-2H3. The second-order valence-corrected chi connectivity index (χ2v) is 6.85. The molecular formula is C18H17N7S. The van der Waals surface area contributed by atoms with Gasteiger partial charge in [-0.1, -0.05) is 42.1 Å². The molecule has 8 heteroatoms. The van der Waals surface area contributed by atoms with E-state index in [0.29, 0.717) is 5.75 Å². The molecule has 0 aliphatic carbocycles. The summed E-state index contributed by atoms with van der Waals surface area (Å²) in [6.07, 6.45) is 1.74. The molecule has 0 bridgehead atoms. The predicted molar refractivity (Wildman–Crippen MR) is 99.5 cm³/mol. The molecule has 0 unspecified atom stereocenters. The summed E-state index contributed by atoms with van der Waals surface area (Å²) in [6.45, 7) is 4.16. The zero-order chi connectivity index (χ0) is 17.9. The molecule has 0 aliphatic heterocycles. The van der Waals surface area contributed by atoms with Gasteiger partial charge in [-0.25, -0.2) is 0 Å². The number of rotatable bonds is 5. The van der Waals surface area contributed by atoms with Gasteiger partial charge in [-0.15, -0.1) is 15.3 Å². The quantitative estimate of drug-likeness (QED) is 0.507. The summed E-state index contributed by atoms with van der Waals surface area (Å²) < 4.78 is 3.75. The molecule has 0 radical (unpaired) electrons. The van der Waals surface area contributed by atoms with Crippen LogP contribution in [0.25, 0.3) is 11.4 Å². The molecule has 0 atom stereocenters. The zero-order valence-electron chi connectivity index (χ0n) is 14.4. The minimum Gasteiger partial charge on any atom is -0.276 e. The Morgan fingerprint density at radius 2 is 1.85 bits per heavy atom. The van der Waals surface area contributed by atoms with Crippen molar-refractivity contribution < 1.29 is 0 Å². The topological polar surface area (TPSA) is 74.3 Å². The fraction of sp³-hybridized carbons (Fsp3) is 0.167. The fourth-order valence-electron chi connectivity index (χ4n) is 2.66. The van der Waals surface area contributed by atoms with E-state index < -0.39 is 0 Å². The van der Waals surface area contributed by atoms with Crippen LogP contribution < -0.4 is 0 Å². The molecule has 0 saturated heterocycles. The Bertz CT molecular complexity index is 1020. The lowest BCUT2D eigenvalue weighted by molar-refractivity contribution is 0.777. The third-order valence-corrected chi connectivity index (χ3v) is 4.94. The number of benzene rings is 2. The number of nitrogens with zero attached hydrogens (tertiary/aromatic N) is 7. The number of para-hydroxylation sites is 1. The first-order valence-corrected chi connectivity index (χ1v) is 9.14. The van der Waals surface area contributed by atoms with E-state index in [2.05, 4.69) is 57.8 Å². The minimum atomic E-state index is 0.589. The van der Waals surface area contributed by atoms with Crippen LogP contribution in [-0.4, -0.2) is 35.0 Å². The summed E-state index contributed by atoms with van der Waals surface area (Å²) in [5, 5.41) is 21.2. The third-order valence-electron chi connectivity index (χ3n) is 4.01. The number of hydrogen-bond donors (Lipinski definition) is 0. The Morgan fingerprint density at radius 3 is 2.69 bits per heavy atom. The summed E-state index contributed by atoms with van der Waals surface area (Å²) >= 11 is 1.56. The second kappa shape index (κ2) is 7.09. The Balaban J connectivity index is 1.59. The molecule has 0 aliphatic rings. The van der Waals surface area contributed by atoms with E-state index in [1.165, 1.54) is 11.1 Å².